The highest BCUT2D eigenvalue weighted by Crippen LogP contribution is 2.32. The smallest absolute Gasteiger partial charge is 0.253 e. The molecule has 1 aromatic carbocycles. The highest BCUT2D eigenvalue weighted by atomic mass is 35.5. The maximum Gasteiger partial charge on any atom is 0.253 e. The highest BCUT2D eigenvalue weighted by molar-refractivity contribution is 6.32. The Kier molecular flexibility index (Phi) is 7.16. The van der Waals surface area contributed by atoms with Gasteiger partial charge in [-0.25, -0.2) is 0 Å². The molecule has 1 saturated carbocycles. The Bertz CT molecular complexity index is 565. The minimum Gasteiger partial charge on any atom is -0.489 e. The number of amides is 1. The fraction of sp³-hybridized carbons (Fsp3) is 0.588. The van der Waals surface area contributed by atoms with Gasteiger partial charge in [0.25, 0.3) is 5.91 Å². The van der Waals surface area contributed by atoms with E-state index in [-0.39, 0.29) is 30.5 Å². The predicted molar refractivity (Wildman–Crippen MR) is 97.2 cm³/mol. The number of carbonyl (C=O) groups excluding carboxylic acids is 1. The van der Waals surface area contributed by atoms with E-state index in [1.807, 2.05) is 12.1 Å². The predicted octanol–water partition coefficient (Wildman–Crippen LogP) is 3.53. The largest absolute Gasteiger partial charge is 0.489 e. The van der Waals surface area contributed by atoms with Crippen LogP contribution in [-0.2, 0) is 9.53 Å². The number of ether oxygens (including phenoxy) is 2. The van der Waals surface area contributed by atoms with Crippen LogP contribution in [0.3, 0.4) is 0 Å². The zero-order chi connectivity index (χ0) is 16.2. The fourth-order valence-corrected chi connectivity index (χ4v) is 3.38. The van der Waals surface area contributed by atoms with E-state index in [4.69, 9.17) is 26.8 Å². The van der Waals surface area contributed by atoms with Gasteiger partial charge < -0.3 is 20.5 Å². The number of anilines is 1. The van der Waals surface area contributed by atoms with E-state index in [0.29, 0.717) is 29.4 Å². The zero-order valence-electron chi connectivity index (χ0n) is 13.5. The summed E-state index contributed by atoms with van der Waals surface area (Å²) in [4.78, 5) is 12.2. The number of rotatable bonds is 5. The summed E-state index contributed by atoms with van der Waals surface area (Å²) >= 11 is 6.27. The summed E-state index contributed by atoms with van der Waals surface area (Å²) in [5, 5.41) is 3.36. The van der Waals surface area contributed by atoms with Gasteiger partial charge in [0.2, 0.25) is 0 Å². The molecule has 1 heterocycles. The number of nitrogens with two attached hydrogens (primary N) is 1. The van der Waals surface area contributed by atoms with E-state index in [2.05, 4.69) is 5.32 Å². The molecule has 0 unspecified atom stereocenters. The quantitative estimate of drug-likeness (QED) is 0.826. The Morgan fingerprint density at radius 2 is 2.04 bits per heavy atom. The first kappa shape index (κ1) is 19.3. The first-order chi connectivity index (χ1) is 11.2. The van der Waals surface area contributed by atoms with Gasteiger partial charge in [-0.1, -0.05) is 11.6 Å². The molecule has 2 aliphatic rings. The van der Waals surface area contributed by atoms with Crippen LogP contribution in [0.25, 0.3) is 0 Å². The number of hydrogen-bond acceptors (Lipinski definition) is 4. The first-order valence-electron chi connectivity index (χ1n) is 8.28. The zero-order valence-corrected chi connectivity index (χ0v) is 15.1. The molecule has 0 radical (unpaired) electrons. The van der Waals surface area contributed by atoms with Gasteiger partial charge in [-0.3, -0.25) is 4.79 Å². The van der Waals surface area contributed by atoms with E-state index >= 15 is 0 Å². The molecule has 0 spiro atoms. The number of benzene rings is 1. The van der Waals surface area contributed by atoms with Gasteiger partial charge >= 0.3 is 0 Å². The van der Waals surface area contributed by atoms with Gasteiger partial charge in [0, 0.05) is 12.2 Å². The van der Waals surface area contributed by atoms with Crippen molar-refractivity contribution in [1.29, 1.82) is 0 Å². The van der Waals surface area contributed by atoms with Crippen molar-refractivity contribution in [1.82, 2.24) is 0 Å². The molecule has 1 aliphatic heterocycles. The van der Waals surface area contributed by atoms with Crippen LogP contribution in [0, 0.1) is 0 Å². The molecule has 2 atom stereocenters. The average Bonchev–Trinajstić information content (AvgIpc) is 3.21. The van der Waals surface area contributed by atoms with E-state index < -0.39 is 6.10 Å². The SMILES string of the molecule is Cl.NC[C@H]1CC[C@@H](C(=O)Nc2ccc(OC3CCCC3)c(Cl)c2)O1. The van der Waals surface area contributed by atoms with Crippen LogP contribution in [0.2, 0.25) is 5.02 Å². The Balaban J connectivity index is 0.00000208. The van der Waals surface area contributed by atoms with Crippen molar-refractivity contribution in [3.05, 3.63) is 23.2 Å². The molecule has 1 amide bonds. The summed E-state index contributed by atoms with van der Waals surface area (Å²) in [5.74, 6) is 0.526. The van der Waals surface area contributed by atoms with E-state index in [1.165, 1.54) is 12.8 Å². The molecular formula is C17H24Cl2N2O3. The molecule has 0 bridgehead atoms. The summed E-state index contributed by atoms with van der Waals surface area (Å²) in [6.45, 7) is 0.447. The third-order valence-electron chi connectivity index (χ3n) is 4.46. The van der Waals surface area contributed by atoms with Crippen LogP contribution >= 0.6 is 24.0 Å². The Hall–Kier alpha value is -1.01. The van der Waals surface area contributed by atoms with Gasteiger partial charge in [0.05, 0.1) is 17.2 Å². The number of carbonyl (C=O) groups is 1. The van der Waals surface area contributed by atoms with Gasteiger partial charge in [-0.2, -0.15) is 0 Å². The minimum absolute atomic E-state index is 0. The van der Waals surface area contributed by atoms with Gasteiger partial charge in [-0.15, -0.1) is 12.4 Å². The number of hydrogen-bond donors (Lipinski definition) is 2. The van der Waals surface area contributed by atoms with Crippen molar-refractivity contribution in [3.8, 4) is 5.75 Å². The second-order valence-electron chi connectivity index (χ2n) is 6.22. The maximum atomic E-state index is 12.2. The Morgan fingerprint density at radius 3 is 2.67 bits per heavy atom. The molecule has 7 heteroatoms. The Labute approximate surface area is 153 Å². The number of halogens is 2. The topological polar surface area (TPSA) is 73.6 Å². The normalized spacial score (nSPS) is 23.8. The number of nitrogens with one attached hydrogen (secondary N) is 1. The molecular weight excluding hydrogens is 351 g/mol. The molecule has 5 nitrogen and oxygen atoms in total. The maximum absolute atomic E-state index is 12.2. The fourth-order valence-electron chi connectivity index (χ4n) is 3.15. The molecule has 1 aromatic rings. The van der Waals surface area contributed by atoms with Gasteiger partial charge in [0.15, 0.2) is 0 Å². The van der Waals surface area contributed by atoms with E-state index in [0.717, 1.165) is 19.3 Å². The van der Waals surface area contributed by atoms with Crippen LogP contribution in [0.15, 0.2) is 18.2 Å². The third kappa shape index (κ3) is 4.76. The molecule has 1 saturated heterocycles. The van der Waals surface area contributed by atoms with Gasteiger partial charge in [0.1, 0.15) is 11.9 Å². The van der Waals surface area contributed by atoms with Gasteiger partial charge in [-0.05, 0) is 56.7 Å². The van der Waals surface area contributed by atoms with Crippen LogP contribution in [0.5, 0.6) is 5.75 Å². The summed E-state index contributed by atoms with van der Waals surface area (Å²) < 4.78 is 11.5. The summed E-state index contributed by atoms with van der Waals surface area (Å²) in [6, 6.07) is 5.34. The lowest BCUT2D eigenvalue weighted by atomic mass is 10.2. The van der Waals surface area contributed by atoms with Crippen molar-refractivity contribution < 1.29 is 14.3 Å². The lowest BCUT2D eigenvalue weighted by Crippen LogP contribution is -2.29. The molecule has 2 fully saturated rings. The van der Waals surface area contributed by atoms with Crippen molar-refractivity contribution in [3.63, 3.8) is 0 Å². The standard InChI is InChI=1S/C17H23ClN2O3.ClH/c18-14-9-11(5-7-15(14)22-12-3-1-2-4-12)20-17(21)16-8-6-13(10-19)23-16;/h5,7,9,12-13,16H,1-4,6,8,10,19H2,(H,20,21);1H/t13-,16+;/m1./s1. The Morgan fingerprint density at radius 1 is 1.29 bits per heavy atom. The summed E-state index contributed by atoms with van der Waals surface area (Å²) in [7, 11) is 0. The van der Waals surface area contributed by atoms with Crippen molar-refractivity contribution in [2.45, 2.75) is 56.8 Å². The molecule has 1 aliphatic carbocycles. The second kappa shape index (κ2) is 8.90. The van der Waals surface area contributed by atoms with Crippen molar-refractivity contribution in [2.24, 2.45) is 5.73 Å². The molecule has 0 aromatic heterocycles. The summed E-state index contributed by atoms with van der Waals surface area (Å²) in [5.41, 5.74) is 6.22. The van der Waals surface area contributed by atoms with Crippen LogP contribution < -0.4 is 15.8 Å². The van der Waals surface area contributed by atoms with Crippen LogP contribution in [0.1, 0.15) is 38.5 Å². The molecule has 3 rings (SSSR count). The van der Waals surface area contributed by atoms with Crippen LogP contribution in [-0.4, -0.2) is 30.8 Å². The monoisotopic (exact) mass is 374 g/mol. The van der Waals surface area contributed by atoms with Crippen molar-refractivity contribution >= 4 is 35.6 Å². The van der Waals surface area contributed by atoms with E-state index in [9.17, 15) is 4.79 Å². The molecule has 3 N–H and O–H groups in total. The highest BCUT2D eigenvalue weighted by Gasteiger charge is 2.30. The summed E-state index contributed by atoms with van der Waals surface area (Å²) in [6.07, 6.45) is 5.91. The molecule has 24 heavy (non-hydrogen) atoms. The first-order valence-corrected chi connectivity index (χ1v) is 8.66. The molecule has 134 valence electrons. The minimum atomic E-state index is -0.434. The third-order valence-corrected chi connectivity index (χ3v) is 4.75. The van der Waals surface area contributed by atoms with Crippen molar-refractivity contribution in [2.75, 3.05) is 11.9 Å². The average molecular weight is 375 g/mol. The lowest BCUT2D eigenvalue weighted by molar-refractivity contribution is -0.126. The van der Waals surface area contributed by atoms with Crippen LogP contribution in [0.4, 0.5) is 5.69 Å². The van der Waals surface area contributed by atoms with E-state index in [1.54, 1.807) is 6.07 Å². The second-order valence-corrected chi connectivity index (χ2v) is 6.63. The lowest BCUT2D eigenvalue weighted by Gasteiger charge is -2.16.